The zero-order valence-corrected chi connectivity index (χ0v) is 21.0. The van der Waals surface area contributed by atoms with Gasteiger partial charge in [0.05, 0.1) is 11.4 Å². The third-order valence-electron chi connectivity index (χ3n) is 5.84. The minimum Gasteiger partial charge on any atom is -0.397 e. The summed E-state index contributed by atoms with van der Waals surface area (Å²) in [6.45, 7) is 7.34. The van der Waals surface area contributed by atoms with Gasteiger partial charge in [0.1, 0.15) is 17.3 Å². The van der Waals surface area contributed by atoms with Crippen LogP contribution in [0.15, 0.2) is 60.8 Å². The van der Waals surface area contributed by atoms with Crippen molar-refractivity contribution in [3.63, 3.8) is 0 Å². The number of urea groups is 1. The predicted octanol–water partition coefficient (Wildman–Crippen LogP) is 4.96. The number of halogens is 2. The molecular weight excluding hydrogens is 478 g/mol. The van der Waals surface area contributed by atoms with Crippen molar-refractivity contribution in [3.8, 4) is 0 Å². The van der Waals surface area contributed by atoms with Crippen LogP contribution in [0.1, 0.15) is 36.3 Å². The minimum atomic E-state index is -0.779. The zero-order valence-electron chi connectivity index (χ0n) is 21.0. The third-order valence-corrected chi connectivity index (χ3v) is 5.84. The van der Waals surface area contributed by atoms with Crippen LogP contribution in [0.4, 0.5) is 30.6 Å². The fourth-order valence-corrected chi connectivity index (χ4v) is 3.78. The second-order valence-electron chi connectivity index (χ2n) is 8.48. The summed E-state index contributed by atoms with van der Waals surface area (Å²) in [6, 6.07) is 12.6. The summed E-state index contributed by atoms with van der Waals surface area (Å²) in [5, 5.41) is 5.29. The normalized spacial score (nSPS) is 10.8. The fraction of sp³-hybridized carbons (Fsp3) is 0.296. The van der Waals surface area contributed by atoms with Crippen LogP contribution in [-0.2, 0) is 6.54 Å². The van der Waals surface area contributed by atoms with Crippen LogP contribution in [0.25, 0.3) is 0 Å². The van der Waals surface area contributed by atoms with Crippen molar-refractivity contribution in [1.82, 2.24) is 14.8 Å². The van der Waals surface area contributed by atoms with E-state index in [0.29, 0.717) is 29.9 Å². The van der Waals surface area contributed by atoms with E-state index < -0.39 is 23.6 Å². The highest BCUT2D eigenvalue weighted by Crippen LogP contribution is 2.18. The summed E-state index contributed by atoms with van der Waals surface area (Å²) in [4.78, 5) is 33.6. The maximum absolute atomic E-state index is 13.6. The molecule has 0 unspecified atom stereocenters. The van der Waals surface area contributed by atoms with Gasteiger partial charge in [-0.2, -0.15) is 0 Å². The van der Waals surface area contributed by atoms with E-state index in [-0.39, 0.29) is 17.9 Å². The Morgan fingerprint density at radius 3 is 2.27 bits per heavy atom. The average molecular weight is 511 g/mol. The number of hydrogen-bond donors (Lipinski definition) is 3. The van der Waals surface area contributed by atoms with Crippen molar-refractivity contribution in [1.29, 1.82) is 0 Å². The molecule has 0 spiro atoms. The van der Waals surface area contributed by atoms with E-state index in [2.05, 4.69) is 34.4 Å². The number of carbonyl (C=O) groups is 2. The van der Waals surface area contributed by atoms with Crippen molar-refractivity contribution < 1.29 is 18.4 Å². The maximum atomic E-state index is 13.6. The Labute approximate surface area is 215 Å². The summed E-state index contributed by atoms with van der Waals surface area (Å²) in [5.74, 6) is -1.97. The second kappa shape index (κ2) is 13.3. The molecular formula is C27H32F2N6O2. The smallest absolute Gasteiger partial charge is 0.322 e. The van der Waals surface area contributed by atoms with E-state index in [1.165, 1.54) is 6.20 Å². The highest BCUT2D eigenvalue weighted by molar-refractivity contribution is 6.04. The minimum absolute atomic E-state index is 0.0292. The van der Waals surface area contributed by atoms with Gasteiger partial charge in [0, 0.05) is 31.0 Å². The van der Waals surface area contributed by atoms with E-state index in [4.69, 9.17) is 5.73 Å². The fourth-order valence-electron chi connectivity index (χ4n) is 3.78. The monoisotopic (exact) mass is 510 g/mol. The Morgan fingerprint density at radius 1 is 0.946 bits per heavy atom. The topological polar surface area (TPSA) is 104 Å². The highest BCUT2D eigenvalue weighted by atomic mass is 19.1. The van der Waals surface area contributed by atoms with Crippen molar-refractivity contribution in [2.75, 3.05) is 42.5 Å². The molecule has 0 radical (unpaired) electrons. The van der Waals surface area contributed by atoms with Gasteiger partial charge >= 0.3 is 6.03 Å². The highest BCUT2D eigenvalue weighted by Gasteiger charge is 2.17. The molecule has 0 saturated heterocycles. The molecule has 37 heavy (non-hydrogen) atoms. The van der Waals surface area contributed by atoms with Crippen LogP contribution in [-0.4, -0.2) is 52.9 Å². The molecule has 196 valence electrons. The summed E-state index contributed by atoms with van der Waals surface area (Å²) >= 11 is 0. The molecule has 3 aromatic rings. The second-order valence-corrected chi connectivity index (χ2v) is 8.48. The Balaban J connectivity index is 1.70. The summed E-state index contributed by atoms with van der Waals surface area (Å²) < 4.78 is 27.2. The molecule has 4 N–H and O–H groups in total. The first kappa shape index (κ1) is 27.5. The van der Waals surface area contributed by atoms with Crippen molar-refractivity contribution >= 4 is 29.0 Å². The quantitative estimate of drug-likeness (QED) is 0.317. The van der Waals surface area contributed by atoms with Crippen LogP contribution in [0, 0.1) is 11.6 Å². The number of nitrogens with two attached hydrogens (primary N) is 1. The molecule has 3 rings (SSSR count). The molecule has 1 aromatic heterocycles. The van der Waals surface area contributed by atoms with Gasteiger partial charge in [-0.3, -0.25) is 9.78 Å². The number of anilines is 3. The number of nitrogens with one attached hydrogen (secondary N) is 2. The van der Waals surface area contributed by atoms with Crippen LogP contribution < -0.4 is 16.4 Å². The molecule has 0 fully saturated rings. The van der Waals surface area contributed by atoms with Crippen molar-refractivity contribution in [2.45, 2.75) is 26.8 Å². The number of aromatic nitrogens is 1. The predicted molar refractivity (Wildman–Crippen MR) is 141 cm³/mol. The average Bonchev–Trinajstić information content (AvgIpc) is 2.87. The number of nitrogens with zero attached hydrogens (tertiary/aromatic N) is 3. The lowest BCUT2D eigenvalue weighted by Crippen LogP contribution is -2.37. The van der Waals surface area contributed by atoms with Gasteiger partial charge < -0.3 is 26.2 Å². The first-order valence-electron chi connectivity index (χ1n) is 12.1. The Hall–Kier alpha value is -4.05. The SMILES string of the molecule is CCN(CC)CCCN(Cc1ccc(C(=O)Nc2ccccc2N)nc1)C(=O)Nc1cc(F)cc(F)c1. The van der Waals surface area contributed by atoms with Crippen LogP contribution in [0.5, 0.6) is 0 Å². The van der Waals surface area contributed by atoms with Crippen molar-refractivity contribution in [3.05, 3.63) is 83.7 Å². The van der Waals surface area contributed by atoms with Gasteiger partial charge in [0.2, 0.25) is 0 Å². The van der Waals surface area contributed by atoms with E-state index in [9.17, 15) is 18.4 Å². The summed E-state index contributed by atoms with van der Waals surface area (Å²) in [6.07, 6.45) is 2.23. The third kappa shape index (κ3) is 8.25. The molecule has 8 nitrogen and oxygen atoms in total. The van der Waals surface area contributed by atoms with Gasteiger partial charge in [-0.15, -0.1) is 0 Å². The van der Waals surface area contributed by atoms with Gasteiger partial charge in [0.15, 0.2) is 0 Å². The van der Waals surface area contributed by atoms with E-state index in [0.717, 1.165) is 37.8 Å². The maximum Gasteiger partial charge on any atom is 0.322 e. The van der Waals surface area contributed by atoms with Gasteiger partial charge in [0.25, 0.3) is 5.91 Å². The van der Waals surface area contributed by atoms with Crippen LogP contribution >= 0.6 is 0 Å². The van der Waals surface area contributed by atoms with Crippen LogP contribution in [0.2, 0.25) is 0 Å². The van der Waals surface area contributed by atoms with E-state index in [1.54, 1.807) is 41.3 Å². The van der Waals surface area contributed by atoms with Gasteiger partial charge in [-0.1, -0.05) is 32.0 Å². The Morgan fingerprint density at radius 2 is 1.65 bits per heavy atom. The summed E-state index contributed by atoms with van der Waals surface area (Å²) in [7, 11) is 0. The standard InChI is InChI=1S/C27H32F2N6O2/c1-3-34(4-2)12-7-13-35(27(37)32-22-15-20(28)14-21(29)16-22)18-19-10-11-25(31-17-19)26(36)33-24-9-6-5-8-23(24)30/h5-6,8-11,14-17H,3-4,7,12-13,18,30H2,1-2H3,(H,32,37)(H,33,36). The molecule has 10 heteroatoms. The molecule has 3 amide bonds. The molecule has 0 saturated carbocycles. The molecule has 0 aliphatic rings. The van der Waals surface area contributed by atoms with Gasteiger partial charge in [-0.05, 0) is 62.0 Å². The lowest BCUT2D eigenvalue weighted by atomic mass is 10.2. The molecule has 0 aliphatic carbocycles. The van der Waals surface area contributed by atoms with Crippen LogP contribution in [0.3, 0.4) is 0 Å². The lowest BCUT2D eigenvalue weighted by molar-refractivity contribution is 0.102. The number of benzene rings is 2. The first-order chi connectivity index (χ1) is 17.8. The number of nitrogen functional groups attached to an aromatic ring is 1. The van der Waals surface area contributed by atoms with E-state index in [1.807, 2.05) is 0 Å². The number of hydrogen-bond acceptors (Lipinski definition) is 5. The number of carbonyl (C=O) groups excluding carboxylic acids is 2. The Kier molecular flexibility index (Phi) is 9.91. The molecule has 2 aromatic carbocycles. The Bertz CT molecular complexity index is 1180. The summed E-state index contributed by atoms with van der Waals surface area (Å²) in [5.41, 5.74) is 7.73. The number of amides is 3. The van der Waals surface area contributed by atoms with Crippen molar-refractivity contribution in [2.24, 2.45) is 0 Å². The molecule has 0 atom stereocenters. The van der Waals surface area contributed by atoms with E-state index >= 15 is 0 Å². The first-order valence-corrected chi connectivity index (χ1v) is 12.1. The molecule has 0 bridgehead atoms. The molecule has 0 aliphatic heterocycles. The molecule has 1 heterocycles. The zero-order chi connectivity index (χ0) is 26.8. The number of para-hydroxylation sites is 2. The number of pyridine rings is 1. The number of rotatable bonds is 11. The van der Waals surface area contributed by atoms with Gasteiger partial charge in [-0.25, -0.2) is 13.6 Å². The largest absolute Gasteiger partial charge is 0.397 e. The lowest BCUT2D eigenvalue weighted by Gasteiger charge is -2.25.